The smallest absolute Gasteiger partial charge is 0.230 e. The lowest BCUT2D eigenvalue weighted by molar-refractivity contribution is -0.119. The van der Waals surface area contributed by atoms with Gasteiger partial charge in [-0.25, -0.2) is 4.39 Å². The van der Waals surface area contributed by atoms with E-state index >= 15 is 0 Å². The molecule has 1 unspecified atom stereocenters. The second-order valence-electron chi connectivity index (χ2n) is 6.89. The molecule has 6 heteroatoms. The number of amides is 1. The number of aromatic nitrogens is 2. The number of carbonyl (C=O) groups is 1. The standard InChI is InChI=1S/C24H20FN3OS/c1-16(17-7-3-2-4-8-17)26-22(29)15-30-24-21-10-6-5-9-20(21)23(27-28-24)18-11-13-19(25)14-12-18/h2-14,16H,15H2,1H3,(H,26,29). The summed E-state index contributed by atoms with van der Waals surface area (Å²) < 4.78 is 13.3. The van der Waals surface area contributed by atoms with Gasteiger partial charge in [-0.1, -0.05) is 66.4 Å². The van der Waals surface area contributed by atoms with Gasteiger partial charge in [-0.2, -0.15) is 0 Å². The summed E-state index contributed by atoms with van der Waals surface area (Å²) in [7, 11) is 0. The number of rotatable bonds is 6. The highest BCUT2D eigenvalue weighted by Crippen LogP contribution is 2.31. The number of halogens is 1. The molecule has 30 heavy (non-hydrogen) atoms. The molecule has 0 spiro atoms. The van der Waals surface area contributed by atoms with Gasteiger partial charge in [-0.3, -0.25) is 4.79 Å². The van der Waals surface area contributed by atoms with Crippen LogP contribution in [0.4, 0.5) is 4.39 Å². The van der Waals surface area contributed by atoms with E-state index in [1.807, 2.05) is 61.5 Å². The molecule has 0 aliphatic rings. The molecule has 1 N–H and O–H groups in total. The quantitative estimate of drug-likeness (QED) is 0.427. The van der Waals surface area contributed by atoms with Crippen molar-refractivity contribution in [1.82, 2.24) is 15.5 Å². The van der Waals surface area contributed by atoms with Crippen molar-refractivity contribution < 1.29 is 9.18 Å². The predicted octanol–water partition coefficient (Wildman–Crippen LogP) is 5.41. The molecular weight excluding hydrogens is 397 g/mol. The summed E-state index contributed by atoms with van der Waals surface area (Å²) in [5.41, 5.74) is 2.55. The van der Waals surface area contributed by atoms with Gasteiger partial charge in [-0.15, -0.1) is 10.2 Å². The second kappa shape index (κ2) is 9.05. The maximum atomic E-state index is 13.3. The van der Waals surface area contributed by atoms with E-state index in [0.29, 0.717) is 10.7 Å². The first-order valence-corrected chi connectivity index (χ1v) is 10.6. The van der Waals surface area contributed by atoms with Crippen LogP contribution in [0.1, 0.15) is 18.5 Å². The fraction of sp³-hybridized carbons (Fsp3) is 0.125. The summed E-state index contributed by atoms with van der Waals surface area (Å²) in [6.45, 7) is 1.96. The molecule has 1 aromatic heterocycles. The van der Waals surface area contributed by atoms with Crippen LogP contribution in [0, 0.1) is 5.82 Å². The van der Waals surface area contributed by atoms with Gasteiger partial charge in [0.05, 0.1) is 11.8 Å². The number of nitrogens with zero attached hydrogens (tertiary/aromatic N) is 2. The van der Waals surface area contributed by atoms with Crippen LogP contribution < -0.4 is 5.32 Å². The summed E-state index contributed by atoms with van der Waals surface area (Å²) in [6.07, 6.45) is 0. The van der Waals surface area contributed by atoms with Gasteiger partial charge < -0.3 is 5.32 Å². The molecule has 0 fully saturated rings. The summed E-state index contributed by atoms with van der Waals surface area (Å²) in [5, 5.41) is 14.3. The van der Waals surface area contributed by atoms with Gasteiger partial charge in [0, 0.05) is 16.3 Å². The molecule has 0 saturated heterocycles. The van der Waals surface area contributed by atoms with Gasteiger partial charge in [0.2, 0.25) is 5.91 Å². The van der Waals surface area contributed by atoms with Crippen molar-refractivity contribution in [3.05, 3.63) is 90.2 Å². The van der Waals surface area contributed by atoms with Gasteiger partial charge in [0.1, 0.15) is 16.5 Å². The Morgan fingerprint density at radius 3 is 2.33 bits per heavy atom. The van der Waals surface area contributed by atoms with E-state index in [0.717, 1.165) is 21.9 Å². The van der Waals surface area contributed by atoms with Crippen LogP contribution in [-0.4, -0.2) is 21.9 Å². The Morgan fingerprint density at radius 2 is 1.60 bits per heavy atom. The SMILES string of the molecule is CC(NC(=O)CSc1nnc(-c2ccc(F)cc2)c2ccccc12)c1ccccc1. The van der Waals surface area contributed by atoms with Crippen LogP contribution >= 0.6 is 11.8 Å². The second-order valence-corrected chi connectivity index (χ2v) is 7.86. The fourth-order valence-corrected chi connectivity index (χ4v) is 4.03. The highest BCUT2D eigenvalue weighted by Gasteiger charge is 2.14. The first-order chi connectivity index (χ1) is 14.6. The van der Waals surface area contributed by atoms with Gasteiger partial charge in [-0.05, 0) is 36.8 Å². The molecule has 1 atom stereocenters. The highest BCUT2D eigenvalue weighted by atomic mass is 32.2. The molecular formula is C24H20FN3OS. The minimum atomic E-state index is -0.293. The summed E-state index contributed by atoms with van der Waals surface area (Å²) in [5.74, 6) is -0.116. The van der Waals surface area contributed by atoms with Gasteiger partial charge in [0.25, 0.3) is 0 Å². The first kappa shape index (κ1) is 20.0. The van der Waals surface area contributed by atoms with Crippen molar-refractivity contribution in [2.24, 2.45) is 0 Å². The average Bonchev–Trinajstić information content (AvgIpc) is 2.78. The lowest BCUT2D eigenvalue weighted by atomic mass is 10.1. The van der Waals surface area contributed by atoms with Crippen molar-refractivity contribution in [2.75, 3.05) is 5.75 Å². The monoisotopic (exact) mass is 417 g/mol. The Kier molecular flexibility index (Phi) is 6.05. The fourth-order valence-electron chi connectivity index (χ4n) is 3.25. The Bertz CT molecular complexity index is 1170. The molecule has 3 aromatic carbocycles. The van der Waals surface area contributed by atoms with E-state index < -0.39 is 0 Å². The maximum Gasteiger partial charge on any atom is 0.230 e. The number of fused-ring (bicyclic) bond motifs is 1. The topological polar surface area (TPSA) is 54.9 Å². The van der Waals surface area contributed by atoms with E-state index in [1.165, 1.54) is 23.9 Å². The molecule has 0 aliphatic carbocycles. The van der Waals surface area contributed by atoms with Gasteiger partial charge >= 0.3 is 0 Å². The van der Waals surface area contributed by atoms with E-state index in [9.17, 15) is 9.18 Å². The van der Waals surface area contributed by atoms with Gasteiger partial charge in [0.15, 0.2) is 0 Å². The number of nitrogens with one attached hydrogen (secondary N) is 1. The minimum Gasteiger partial charge on any atom is -0.349 e. The third-order valence-corrected chi connectivity index (χ3v) is 5.77. The van der Waals surface area contributed by atoms with Crippen LogP contribution in [0.3, 0.4) is 0 Å². The number of hydrogen-bond donors (Lipinski definition) is 1. The largest absolute Gasteiger partial charge is 0.349 e. The number of thioether (sulfide) groups is 1. The summed E-state index contributed by atoms with van der Waals surface area (Å²) >= 11 is 1.36. The minimum absolute atomic E-state index is 0.0650. The van der Waals surface area contributed by atoms with Crippen molar-refractivity contribution in [2.45, 2.75) is 18.0 Å². The maximum absolute atomic E-state index is 13.3. The summed E-state index contributed by atoms with van der Waals surface area (Å²) in [4.78, 5) is 12.4. The van der Waals surface area contributed by atoms with E-state index in [2.05, 4.69) is 15.5 Å². The Balaban J connectivity index is 1.52. The summed E-state index contributed by atoms with van der Waals surface area (Å²) in [6, 6.07) is 23.8. The molecule has 4 nitrogen and oxygen atoms in total. The van der Waals surface area contributed by atoms with E-state index in [-0.39, 0.29) is 23.5 Å². The normalized spacial score (nSPS) is 11.9. The Hall–Kier alpha value is -3.25. The predicted molar refractivity (Wildman–Crippen MR) is 119 cm³/mol. The molecule has 1 amide bonds. The molecule has 0 radical (unpaired) electrons. The number of hydrogen-bond acceptors (Lipinski definition) is 4. The van der Waals surface area contributed by atoms with Crippen molar-refractivity contribution in [1.29, 1.82) is 0 Å². The number of benzene rings is 3. The lowest BCUT2D eigenvalue weighted by Gasteiger charge is -2.14. The zero-order valence-electron chi connectivity index (χ0n) is 16.4. The molecule has 0 saturated carbocycles. The molecule has 0 bridgehead atoms. The first-order valence-electron chi connectivity index (χ1n) is 9.60. The van der Waals surface area contributed by atoms with Crippen molar-refractivity contribution >= 4 is 28.4 Å². The van der Waals surface area contributed by atoms with Crippen molar-refractivity contribution in [3.8, 4) is 11.3 Å². The molecule has 0 aliphatic heterocycles. The van der Waals surface area contributed by atoms with Crippen LogP contribution in [0.5, 0.6) is 0 Å². The average molecular weight is 418 g/mol. The van der Waals surface area contributed by atoms with E-state index in [1.54, 1.807) is 12.1 Å². The highest BCUT2D eigenvalue weighted by molar-refractivity contribution is 8.00. The molecule has 1 heterocycles. The lowest BCUT2D eigenvalue weighted by Crippen LogP contribution is -2.28. The molecule has 4 rings (SSSR count). The molecule has 150 valence electrons. The zero-order valence-corrected chi connectivity index (χ0v) is 17.2. The Morgan fingerprint density at radius 1 is 0.933 bits per heavy atom. The van der Waals surface area contributed by atoms with Crippen molar-refractivity contribution in [3.63, 3.8) is 0 Å². The van der Waals surface area contributed by atoms with Crippen LogP contribution in [-0.2, 0) is 4.79 Å². The molecule has 4 aromatic rings. The Labute approximate surface area is 178 Å². The van der Waals surface area contributed by atoms with Crippen LogP contribution in [0.25, 0.3) is 22.0 Å². The van der Waals surface area contributed by atoms with Crippen LogP contribution in [0.15, 0.2) is 83.9 Å². The third-order valence-electron chi connectivity index (χ3n) is 4.79. The van der Waals surface area contributed by atoms with E-state index in [4.69, 9.17) is 0 Å². The zero-order chi connectivity index (χ0) is 20.9. The number of carbonyl (C=O) groups excluding carboxylic acids is 1. The van der Waals surface area contributed by atoms with Crippen LogP contribution in [0.2, 0.25) is 0 Å². The third kappa shape index (κ3) is 4.49.